The molecule has 5 unspecified atom stereocenters. The van der Waals surface area contributed by atoms with Gasteiger partial charge < -0.3 is 15.6 Å². The predicted molar refractivity (Wildman–Crippen MR) is 281 cm³/mol. The van der Waals surface area contributed by atoms with E-state index in [4.69, 9.17) is 22.4 Å². The SMILES string of the molecule is COC(=O)CC(=O)c1cc(C)[c-]c(C)c1.Cc1[c-]c(C)cc(C(=O)Cl)c1.Cc1[c-]c(C)cc(C(=O)O)c1.Cc1[c-]c(C)cc(C(N)=O)c1.Cc1[c-]c(C)cc(C)c1.P.P.P.P.P.[Y].[Y].[Y].[Y].[Y]. The van der Waals surface area contributed by atoms with Crippen LogP contribution in [0, 0.1) is 106 Å². The molecule has 0 aliphatic heterocycles. The van der Waals surface area contributed by atoms with Crippen molar-refractivity contribution >= 4 is 90.0 Å². The van der Waals surface area contributed by atoms with E-state index in [0.717, 1.165) is 44.5 Å². The van der Waals surface area contributed by atoms with Crippen LogP contribution in [0.1, 0.15) is 109 Å². The molecule has 0 aliphatic rings. The summed E-state index contributed by atoms with van der Waals surface area (Å²) in [7, 11) is 1.27. The summed E-state index contributed by atoms with van der Waals surface area (Å²) in [6, 6.07) is 33.2. The third-order valence-corrected chi connectivity index (χ3v) is 7.67. The van der Waals surface area contributed by atoms with Gasteiger partial charge in [-0.05, 0) is 17.2 Å². The van der Waals surface area contributed by atoms with Gasteiger partial charge in [0.2, 0.25) is 11.1 Å². The number of carboxylic acid groups (broad SMARTS) is 1. The molecule has 8 nitrogen and oxygen atoms in total. The molecule has 67 heavy (non-hydrogen) atoms. The van der Waals surface area contributed by atoms with E-state index in [2.05, 4.69) is 68.0 Å². The minimum Gasteiger partial charge on any atom is -0.479 e. The van der Waals surface area contributed by atoms with Crippen molar-refractivity contribution in [2.24, 2.45) is 5.73 Å². The molecule has 0 spiro atoms. The van der Waals surface area contributed by atoms with Crippen LogP contribution in [0.2, 0.25) is 0 Å². The molecule has 0 saturated heterocycles. The first kappa shape index (κ1) is 91.5. The first-order valence-electron chi connectivity index (χ1n) is 17.8. The summed E-state index contributed by atoms with van der Waals surface area (Å²) in [6.45, 7) is 21.2. The third kappa shape index (κ3) is 41.8. The number of nitrogens with two attached hydrogens (primary N) is 1. The summed E-state index contributed by atoms with van der Waals surface area (Å²) >= 11 is 5.29. The molecule has 5 radical (unpaired) electrons. The summed E-state index contributed by atoms with van der Waals surface area (Å²) in [5.74, 6) is -2.00. The Kier molecular flexibility index (Phi) is 66.5. The Morgan fingerprint density at radius 3 is 0.925 bits per heavy atom. The average molecular weight is 1400 g/mol. The number of methoxy groups -OCH3 is 1. The maximum absolute atomic E-state index is 11.6. The van der Waals surface area contributed by atoms with Crippen molar-refractivity contribution in [3.63, 3.8) is 0 Å². The average Bonchev–Trinajstić information content (AvgIpc) is 3.07. The second kappa shape index (κ2) is 48.7. The van der Waals surface area contributed by atoms with Crippen molar-refractivity contribution < 1.29 is 197 Å². The maximum atomic E-state index is 11.6. The smallest absolute Gasteiger partial charge is 0.313 e. The van der Waals surface area contributed by atoms with Crippen LogP contribution in [0.15, 0.2) is 60.7 Å². The Morgan fingerprint density at radius 1 is 0.463 bits per heavy atom. The molecule has 357 valence electrons. The number of rotatable bonds is 6. The Bertz CT molecular complexity index is 1980. The molecule has 5 aromatic rings. The number of aromatic carboxylic acids is 1. The summed E-state index contributed by atoms with van der Waals surface area (Å²) in [4.78, 5) is 54.4. The number of carboxylic acids is 1. The number of carbonyl (C=O) groups excluding carboxylic acids is 4. The molecule has 0 saturated carbocycles. The number of benzene rings is 5. The van der Waals surface area contributed by atoms with Crippen LogP contribution in [0.4, 0.5) is 0 Å². The van der Waals surface area contributed by atoms with Gasteiger partial charge in [0.25, 0.3) is 0 Å². The van der Waals surface area contributed by atoms with Gasteiger partial charge >= 0.3 is 11.9 Å². The van der Waals surface area contributed by atoms with Crippen molar-refractivity contribution in [1.82, 2.24) is 0 Å². The Balaban J connectivity index is -0.0000000736. The summed E-state index contributed by atoms with van der Waals surface area (Å²) < 4.78 is 4.44. The van der Waals surface area contributed by atoms with Crippen molar-refractivity contribution in [2.75, 3.05) is 7.11 Å². The van der Waals surface area contributed by atoms with E-state index in [1.807, 2.05) is 55.4 Å². The Labute approximate surface area is 548 Å². The van der Waals surface area contributed by atoms with Gasteiger partial charge in [-0.2, -0.15) is 202 Å². The van der Waals surface area contributed by atoms with E-state index in [0.29, 0.717) is 22.3 Å². The quantitative estimate of drug-likeness (QED) is 0.0431. The number of ether oxygens (including phenoxy) is 1. The van der Waals surface area contributed by atoms with Crippen LogP contribution in [-0.2, 0) is 173 Å². The number of halogens is 1. The van der Waals surface area contributed by atoms with Gasteiger partial charge in [0.1, 0.15) is 12.2 Å². The van der Waals surface area contributed by atoms with Gasteiger partial charge in [0.15, 0.2) is 0 Å². The second-order valence-corrected chi connectivity index (χ2v) is 13.9. The number of hydrogen-bond donors (Lipinski definition) is 2. The normalized spacial score (nSPS) is 8.25. The molecule has 5 rings (SSSR count). The molecule has 5 aromatic carbocycles. The largest absolute Gasteiger partial charge is 0.479 e. The fraction of sp³-hybridized carbons (Fsp3) is 0.271. The Hall–Kier alpha value is 1.81. The molecular weight excluding hydrogens is 1340 g/mol. The number of ketones is 1. The maximum Gasteiger partial charge on any atom is 0.313 e. The number of carbonyl (C=O) groups is 5. The second-order valence-electron chi connectivity index (χ2n) is 13.6. The van der Waals surface area contributed by atoms with Gasteiger partial charge in [0, 0.05) is 164 Å². The van der Waals surface area contributed by atoms with Crippen LogP contribution in [0.3, 0.4) is 0 Å². The summed E-state index contributed by atoms with van der Waals surface area (Å²) in [6.07, 6.45) is -0.209. The number of primary amides is 1. The fourth-order valence-corrected chi connectivity index (χ4v) is 5.63. The summed E-state index contributed by atoms with van der Waals surface area (Å²) in [5, 5.41) is 8.21. The van der Waals surface area contributed by atoms with Crippen molar-refractivity contribution in [3.8, 4) is 0 Å². The predicted octanol–water partition coefficient (Wildman–Crippen LogP) is 10.0. The molecule has 0 heterocycles. The molecule has 19 heteroatoms. The standard InChI is InChI=1S/C12H13O3.C9H8ClO.C9H10NO.C9H9O2.C9H11.5H3P.5Y/c1-8-4-9(2)6-10(5-8)11(13)7-12(14)15-3;3*1-6-3-7(2)5-8(4-6)9(10)11;1-7-4-8(2)6-9(3)5-7;;;;;;;;;;/h5-6H,7H2,1-3H3;4-5H,1-2H3;4-5H,1-2H3,(H2,10,11);4-5H,1-2H3,(H,10,11);4-5H,1-3H3;5*1H3;;;;;/q5*-1;;;;;;;;;;. The van der Waals surface area contributed by atoms with Gasteiger partial charge in [0.05, 0.1) is 7.11 Å². The third-order valence-electron chi connectivity index (χ3n) is 7.45. The van der Waals surface area contributed by atoms with Crippen LogP contribution < -0.4 is 5.73 Å². The molecule has 0 bridgehead atoms. The van der Waals surface area contributed by atoms with Crippen molar-refractivity contribution in [3.05, 3.63) is 174 Å². The summed E-state index contributed by atoms with van der Waals surface area (Å²) in [5.41, 5.74) is 18.1. The number of esters is 1. The number of aryl methyl sites for hydroxylation is 11. The first-order valence-corrected chi connectivity index (χ1v) is 18.2. The van der Waals surface area contributed by atoms with Crippen LogP contribution >= 0.6 is 61.1 Å². The van der Waals surface area contributed by atoms with E-state index in [1.165, 1.54) is 23.8 Å². The first-order chi connectivity index (χ1) is 26.5. The van der Waals surface area contributed by atoms with E-state index >= 15 is 0 Å². The number of Topliss-reactive ketones (excluding diaryl/α,β-unsaturated/α-hetero) is 1. The minimum atomic E-state index is -0.884. The number of hydrogen-bond acceptors (Lipinski definition) is 6. The van der Waals surface area contributed by atoms with Crippen molar-refractivity contribution in [2.45, 2.75) is 82.6 Å². The fourth-order valence-electron chi connectivity index (χ4n) is 5.52. The van der Waals surface area contributed by atoms with Crippen molar-refractivity contribution in [1.29, 1.82) is 0 Å². The van der Waals surface area contributed by atoms with E-state index in [1.54, 1.807) is 48.5 Å². The van der Waals surface area contributed by atoms with E-state index in [9.17, 15) is 24.0 Å². The molecule has 5 atom stereocenters. The van der Waals surface area contributed by atoms with Crippen LogP contribution in [0.25, 0.3) is 0 Å². The van der Waals surface area contributed by atoms with Gasteiger partial charge in [-0.25, -0.2) is 4.79 Å². The zero-order valence-corrected chi connectivity index (χ0v) is 63.3. The molecule has 1 amide bonds. The molecule has 3 N–H and O–H groups in total. The van der Waals surface area contributed by atoms with Crippen LogP contribution in [0.5, 0.6) is 0 Å². The topological polar surface area (TPSA) is 141 Å². The zero-order valence-electron chi connectivity index (χ0n) is 41.3. The number of amides is 1. The molecule has 0 aromatic heterocycles. The van der Waals surface area contributed by atoms with Gasteiger partial charge in [-0.3, -0.25) is 19.2 Å². The molecular formula is C48H66ClNO7P5Y5-5. The zero-order chi connectivity index (χ0) is 43.6. The van der Waals surface area contributed by atoms with Crippen LogP contribution in [-0.4, -0.2) is 41.1 Å². The van der Waals surface area contributed by atoms with E-state index < -0.39 is 17.2 Å². The van der Waals surface area contributed by atoms with E-state index in [-0.39, 0.29) is 231 Å². The monoisotopic (exact) mass is 1400 g/mol. The Morgan fingerprint density at radius 2 is 0.701 bits per heavy atom. The minimum absolute atomic E-state index is 0. The molecule has 0 aliphatic carbocycles. The van der Waals surface area contributed by atoms with Gasteiger partial charge in [-0.15, -0.1) is 0 Å². The molecule has 0 fully saturated rings. The van der Waals surface area contributed by atoms with Gasteiger partial charge in [-0.1, -0.05) is 92.9 Å².